The zero-order chi connectivity index (χ0) is 27.7. The predicted molar refractivity (Wildman–Crippen MR) is 161 cm³/mol. The Kier molecular flexibility index (Phi) is 8.19. The van der Waals surface area contributed by atoms with Crippen LogP contribution < -0.4 is 9.64 Å². The molecular formula is C30H22BrCl3N2O3. The standard InChI is InChI=1S/C30H22BrCl3N2O3/c1-39-20-11-9-18(10-12-20)16-35-17-23-22(21-5-2-3-6-24(21)32)13-19(28(37)15-31)14-27(23)36(30(35)38)29-25(33)7-4-8-26(29)34/h2-14H,15-17H2,1H3. The van der Waals surface area contributed by atoms with Crippen LogP contribution in [0.25, 0.3) is 11.1 Å². The molecule has 1 aliphatic heterocycles. The number of rotatable bonds is 7. The zero-order valence-electron chi connectivity index (χ0n) is 20.8. The van der Waals surface area contributed by atoms with Crippen molar-refractivity contribution in [2.75, 3.05) is 17.3 Å². The van der Waals surface area contributed by atoms with Crippen molar-refractivity contribution in [3.8, 4) is 16.9 Å². The number of carbonyl (C=O) groups is 2. The maximum absolute atomic E-state index is 14.2. The van der Waals surface area contributed by atoms with Crippen LogP contribution in [0.2, 0.25) is 15.1 Å². The second kappa shape index (κ2) is 11.6. The molecule has 0 aliphatic carbocycles. The lowest BCUT2D eigenvalue weighted by Crippen LogP contribution is -2.44. The van der Waals surface area contributed by atoms with Crippen LogP contribution in [0.4, 0.5) is 16.2 Å². The summed E-state index contributed by atoms with van der Waals surface area (Å²) in [6.07, 6.45) is 0. The summed E-state index contributed by atoms with van der Waals surface area (Å²) in [6.45, 7) is 0.604. The summed E-state index contributed by atoms with van der Waals surface area (Å²) in [7, 11) is 1.61. The Hall–Kier alpha value is -3.03. The van der Waals surface area contributed by atoms with E-state index in [1.54, 1.807) is 42.3 Å². The highest BCUT2D eigenvalue weighted by atomic mass is 79.9. The van der Waals surface area contributed by atoms with Crippen molar-refractivity contribution in [3.63, 3.8) is 0 Å². The minimum Gasteiger partial charge on any atom is -0.497 e. The summed E-state index contributed by atoms with van der Waals surface area (Å²) >= 11 is 23.2. The Morgan fingerprint density at radius 3 is 2.21 bits per heavy atom. The molecule has 0 saturated carbocycles. The molecular weight excluding hydrogens is 623 g/mol. The van der Waals surface area contributed by atoms with Gasteiger partial charge in [0.2, 0.25) is 0 Å². The lowest BCUT2D eigenvalue weighted by atomic mass is 9.92. The van der Waals surface area contributed by atoms with Gasteiger partial charge in [0, 0.05) is 28.3 Å². The van der Waals surface area contributed by atoms with E-state index < -0.39 is 0 Å². The average Bonchev–Trinajstić information content (AvgIpc) is 2.94. The number of Topliss-reactive ketones (excluding diaryl/α,β-unsaturated/α-hetero) is 1. The monoisotopic (exact) mass is 642 g/mol. The molecule has 39 heavy (non-hydrogen) atoms. The smallest absolute Gasteiger partial charge is 0.329 e. The third-order valence-corrected chi connectivity index (χ3v) is 8.03. The van der Waals surface area contributed by atoms with Crippen molar-refractivity contribution in [2.24, 2.45) is 0 Å². The fraction of sp³-hybridized carbons (Fsp3) is 0.133. The molecule has 5 rings (SSSR count). The molecule has 4 aromatic carbocycles. The summed E-state index contributed by atoms with van der Waals surface area (Å²) in [6, 6.07) is 23.3. The molecule has 2 amide bonds. The number of alkyl halides is 1. The largest absolute Gasteiger partial charge is 0.497 e. The minimum absolute atomic E-state index is 0.123. The maximum atomic E-state index is 14.2. The fourth-order valence-corrected chi connectivity index (χ4v) is 5.80. The van der Waals surface area contributed by atoms with Gasteiger partial charge in [0.05, 0.1) is 40.4 Å². The van der Waals surface area contributed by atoms with Crippen molar-refractivity contribution in [3.05, 3.63) is 111 Å². The molecule has 0 spiro atoms. The van der Waals surface area contributed by atoms with Gasteiger partial charge in [-0.15, -0.1) is 0 Å². The van der Waals surface area contributed by atoms with Crippen molar-refractivity contribution in [1.29, 1.82) is 0 Å². The van der Waals surface area contributed by atoms with E-state index in [4.69, 9.17) is 39.5 Å². The second-order valence-corrected chi connectivity index (χ2v) is 10.7. The highest BCUT2D eigenvalue weighted by molar-refractivity contribution is 9.09. The van der Waals surface area contributed by atoms with Gasteiger partial charge in [-0.25, -0.2) is 4.79 Å². The number of ketones is 1. The number of amides is 2. The van der Waals surface area contributed by atoms with Crippen molar-refractivity contribution in [2.45, 2.75) is 13.1 Å². The van der Waals surface area contributed by atoms with Gasteiger partial charge >= 0.3 is 6.03 Å². The first-order valence-corrected chi connectivity index (χ1v) is 14.2. The molecule has 0 bridgehead atoms. The molecule has 4 aromatic rings. The molecule has 9 heteroatoms. The van der Waals surface area contributed by atoms with Gasteiger partial charge in [0.25, 0.3) is 0 Å². The lowest BCUT2D eigenvalue weighted by Gasteiger charge is -2.39. The first-order valence-electron chi connectivity index (χ1n) is 12.0. The van der Waals surface area contributed by atoms with E-state index in [1.165, 1.54) is 4.90 Å². The van der Waals surface area contributed by atoms with Crippen LogP contribution in [-0.4, -0.2) is 29.2 Å². The summed E-state index contributed by atoms with van der Waals surface area (Å²) in [5, 5.41) is 1.27. The van der Waals surface area contributed by atoms with Gasteiger partial charge in [-0.05, 0) is 53.6 Å². The number of hydrogen-bond acceptors (Lipinski definition) is 3. The number of ether oxygens (including phenoxy) is 1. The number of nitrogens with zero attached hydrogens (tertiary/aromatic N) is 2. The van der Waals surface area contributed by atoms with Crippen LogP contribution >= 0.6 is 50.7 Å². The predicted octanol–water partition coefficient (Wildman–Crippen LogP) is 9.17. The van der Waals surface area contributed by atoms with Crippen molar-refractivity contribution in [1.82, 2.24) is 4.90 Å². The molecule has 0 radical (unpaired) electrons. The molecule has 0 saturated heterocycles. The zero-order valence-corrected chi connectivity index (χ0v) is 24.6. The molecule has 5 nitrogen and oxygen atoms in total. The number of anilines is 2. The maximum Gasteiger partial charge on any atom is 0.329 e. The van der Waals surface area contributed by atoms with Crippen molar-refractivity contribution < 1.29 is 14.3 Å². The molecule has 0 aromatic heterocycles. The van der Waals surface area contributed by atoms with Crippen molar-refractivity contribution >= 4 is 73.9 Å². The fourth-order valence-electron chi connectivity index (χ4n) is 4.68. The van der Waals surface area contributed by atoms with Crippen LogP contribution in [0.3, 0.4) is 0 Å². The van der Waals surface area contributed by atoms with Gasteiger partial charge in [-0.1, -0.05) is 87.1 Å². The number of fused-ring (bicyclic) bond motifs is 1. The van der Waals surface area contributed by atoms with E-state index in [9.17, 15) is 9.59 Å². The van der Waals surface area contributed by atoms with Gasteiger partial charge < -0.3 is 9.64 Å². The van der Waals surface area contributed by atoms with E-state index in [-0.39, 0.29) is 23.7 Å². The molecule has 1 heterocycles. The number of benzene rings is 4. The van der Waals surface area contributed by atoms with E-state index in [1.807, 2.05) is 48.5 Å². The Labute approximate surface area is 250 Å². The molecule has 198 valence electrons. The van der Waals surface area contributed by atoms with Crippen LogP contribution in [0, 0.1) is 0 Å². The molecule has 1 aliphatic rings. The third-order valence-electron chi connectivity index (χ3n) is 6.58. The molecule has 0 unspecified atom stereocenters. The number of para-hydroxylation sites is 1. The Bertz CT molecular complexity index is 1560. The third kappa shape index (κ3) is 5.39. The topological polar surface area (TPSA) is 49.9 Å². The average molecular weight is 645 g/mol. The van der Waals surface area contributed by atoms with Gasteiger partial charge in [-0.3, -0.25) is 9.69 Å². The SMILES string of the molecule is COc1ccc(CN2Cc3c(-c4ccccc4Cl)cc(C(=O)CBr)cc3N(c3c(Cl)cccc3Cl)C2=O)cc1. The Morgan fingerprint density at radius 2 is 1.56 bits per heavy atom. The lowest BCUT2D eigenvalue weighted by molar-refractivity contribution is 0.102. The molecule has 0 fully saturated rings. The number of carbonyl (C=O) groups excluding carboxylic acids is 2. The minimum atomic E-state index is -0.318. The number of hydrogen-bond donors (Lipinski definition) is 0. The van der Waals surface area contributed by atoms with E-state index >= 15 is 0 Å². The van der Waals surface area contributed by atoms with E-state index in [0.717, 1.165) is 28.0 Å². The summed E-state index contributed by atoms with van der Waals surface area (Å²) in [4.78, 5) is 30.3. The number of urea groups is 1. The summed E-state index contributed by atoms with van der Waals surface area (Å²) < 4.78 is 5.28. The van der Waals surface area contributed by atoms with Gasteiger partial charge in [0.15, 0.2) is 5.78 Å². The van der Waals surface area contributed by atoms with Crippen LogP contribution in [0.5, 0.6) is 5.75 Å². The van der Waals surface area contributed by atoms with Crippen LogP contribution in [0.1, 0.15) is 21.5 Å². The first-order chi connectivity index (χ1) is 18.8. The normalized spacial score (nSPS) is 12.9. The molecule has 0 atom stereocenters. The number of methoxy groups -OCH3 is 1. The Morgan fingerprint density at radius 1 is 0.897 bits per heavy atom. The Balaban J connectivity index is 1.75. The number of halogens is 4. The van der Waals surface area contributed by atoms with Crippen LogP contribution in [-0.2, 0) is 13.1 Å². The van der Waals surface area contributed by atoms with Crippen LogP contribution in [0.15, 0.2) is 78.9 Å². The summed E-state index contributed by atoms with van der Waals surface area (Å²) in [5.41, 5.74) is 4.56. The second-order valence-electron chi connectivity index (χ2n) is 8.95. The quantitative estimate of drug-likeness (QED) is 0.149. The highest BCUT2D eigenvalue weighted by Gasteiger charge is 2.36. The molecule has 0 N–H and O–H groups in total. The van der Waals surface area contributed by atoms with E-state index in [0.29, 0.717) is 38.6 Å². The van der Waals surface area contributed by atoms with Gasteiger partial charge in [0.1, 0.15) is 5.75 Å². The van der Waals surface area contributed by atoms with Gasteiger partial charge in [-0.2, -0.15) is 0 Å². The summed E-state index contributed by atoms with van der Waals surface area (Å²) in [5.74, 6) is 0.591. The first kappa shape index (κ1) is 27.5. The van der Waals surface area contributed by atoms with E-state index in [2.05, 4.69) is 15.9 Å². The highest BCUT2D eigenvalue weighted by Crippen LogP contribution is 2.46.